The van der Waals surface area contributed by atoms with Crippen molar-refractivity contribution < 1.29 is 14.6 Å². The number of cyclic esters (lactones) is 1. The number of halogens is 2. The van der Waals surface area contributed by atoms with Gasteiger partial charge in [0.1, 0.15) is 6.10 Å². The predicted molar refractivity (Wildman–Crippen MR) is 122 cm³/mol. The third kappa shape index (κ3) is 5.07. The average molecular weight is 471 g/mol. The van der Waals surface area contributed by atoms with E-state index in [2.05, 4.69) is 15.5 Å². The zero-order valence-electron chi connectivity index (χ0n) is 17.2. The van der Waals surface area contributed by atoms with Gasteiger partial charge in [0, 0.05) is 29.1 Å². The van der Waals surface area contributed by atoms with E-state index < -0.39 is 18.2 Å². The minimum atomic E-state index is -0.734. The molecule has 32 heavy (non-hydrogen) atoms. The molecule has 1 N–H and O–H groups in total. The van der Waals surface area contributed by atoms with Crippen molar-refractivity contribution in [1.29, 1.82) is 0 Å². The maximum Gasteiger partial charge on any atom is 0.309 e. The molecule has 1 fully saturated rings. The zero-order valence-corrected chi connectivity index (χ0v) is 18.7. The van der Waals surface area contributed by atoms with Crippen LogP contribution in [0.1, 0.15) is 29.8 Å². The number of aryl methyl sites for hydroxylation is 1. The summed E-state index contributed by atoms with van der Waals surface area (Å²) in [7, 11) is 1.74. The largest absolute Gasteiger partial charge is 0.458 e. The number of aromatic nitrogens is 4. The first-order valence-electron chi connectivity index (χ1n) is 9.95. The second kappa shape index (κ2) is 9.65. The van der Waals surface area contributed by atoms with Gasteiger partial charge in [0.05, 0.1) is 12.5 Å². The molecule has 1 aliphatic rings. The Kier molecular flexibility index (Phi) is 6.69. The smallest absolute Gasteiger partial charge is 0.309 e. The topological polar surface area (TPSA) is 90.1 Å². The number of carbonyl (C=O) groups is 1. The molecule has 0 amide bonds. The lowest BCUT2D eigenvalue weighted by Gasteiger charge is -2.23. The van der Waals surface area contributed by atoms with E-state index in [0.29, 0.717) is 27.9 Å². The molecule has 3 aromatic rings. The quantitative estimate of drug-likeness (QED) is 0.445. The van der Waals surface area contributed by atoms with Crippen molar-refractivity contribution >= 4 is 40.3 Å². The van der Waals surface area contributed by atoms with E-state index in [4.69, 9.17) is 27.9 Å². The van der Waals surface area contributed by atoms with Gasteiger partial charge in [-0.25, -0.2) is 4.68 Å². The van der Waals surface area contributed by atoms with Gasteiger partial charge in [-0.1, -0.05) is 53.5 Å². The maximum absolute atomic E-state index is 11.8. The number of ether oxygens (including phenoxy) is 1. The van der Waals surface area contributed by atoms with Crippen LogP contribution in [0.4, 0.5) is 0 Å². The standard InChI is InChI=1S/C23H20Cl2N4O3/c1-29-23(26-27-28-29)20(11-10-19-12-18(30)13-21(31)32-19)22(14-2-6-16(24)7-3-14)15-4-8-17(25)9-5-15/h2-11,18-19,30H,12-13H2,1H3/t18-,19-/m1/s1. The first kappa shape index (κ1) is 22.2. The summed E-state index contributed by atoms with van der Waals surface area (Å²) in [5.41, 5.74) is 3.33. The van der Waals surface area contributed by atoms with Gasteiger partial charge in [0.15, 0.2) is 5.82 Å². The van der Waals surface area contributed by atoms with Gasteiger partial charge in [-0.2, -0.15) is 0 Å². The third-order valence-corrected chi connectivity index (χ3v) is 5.57. The van der Waals surface area contributed by atoms with Crippen LogP contribution in [-0.2, 0) is 16.6 Å². The number of hydrogen-bond donors (Lipinski definition) is 1. The molecule has 2 heterocycles. The Morgan fingerprint density at radius 3 is 2.19 bits per heavy atom. The minimum Gasteiger partial charge on any atom is -0.458 e. The van der Waals surface area contributed by atoms with Crippen molar-refractivity contribution in [1.82, 2.24) is 20.2 Å². The van der Waals surface area contributed by atoms with Crippen LogP contribution in [0.25, 0.3) is 11.1 Å². The van der Waals surface area contributed by atoms with E-state index in [1.807, 2.05) is 54.6 Å². The Balaban J connectivity index is 1.90. The van der Waals surface area contributed by atoms with E-state index in [1.165, 1.54) is 0 Å². The van der Waals surface area contributed by atoms with Crippen LogP contribution in [0.15, 0.2) is 60.7 Å². The molecule has 7 nitrogen and oxygen atoms in total. The van der Waals surface area contributed by atoms with Crippen molar-refractivity contribution in [3.8, 4) is 0 Å². The summed E-state index contributed by atoms with van der Waals surface area (Å²) in [6.07, 6.45) is 2.60. The monoisotopic (exact) mass is 470 g/mol. The van der Waals surface area contributed by atoms with Crippen LogP contribution >= 0.6 is 23.2 Å². The number of rotatable bonds is 5. The normalized spacial score (nSPS) is 18.6. The van der Waals surface area contributed by atoms with Crippen molar-refractivity contribution in [2.24, 2.45) is 7.05 Å². The number of benzene rings is 2. The second-order valence-corrected chi connectivity index (χ2v) is 8.28. The van der Waals surface area contributed by atoms with Crippen LogP contribution in [0.3, 0.4) is 0 Å². The molecule has 4 rings (SSSR count). The minimum absolute atomic E-state index is 0.00103. The second-order valence-electron chi connectivity index (χ2n) is 7.41. The number of hydrogen-bond acceptors (Lipinski definition) is 6. The van der Waals surface area contributed by atoms with Gasteiger partial charge in [-0.3, -0.25) is 4.79 Å². The molecule has 164 valence electrons. The number of tetrazole rings is 1. The summed E-state index contributed by atoms with van der Waals surface area (Å²) in [5, 5.41) is 23.1. The molecule has 2 aromatic carbocycles. The highest BCUT2D eigenvalue weighted by atomic mass is 35.5. The first-order chi connectivity index (χ1) is 15.4. The lowest BCUT2D eigenvalue weighted by Crippen LogP contribution is -2.31. The summed E-state index contributed by atoms with van der Waals surface area (Å²) in [5.74, 6) is 0.0868. The Morgan fingerprint density at radius 2 is 1.69 bits per heavy atom. The lowest BCUT2D eigenvalue weighted by atomic mass is 9.91. The molecule has 9 heteroatoms. The van der Waals surface area contributed by atoms with Crippen molar-refractivity contribution in [2.45, 2.75) is 25.0 Å². The number of carbonyl (C=O) groups excluding carboxylic acids is 1. The van der Waals surface area contributed by atoms with E-state index in [9.17, 15) is 9.90 Å². The van der Waals surface area contributed by atoms with E-state index in [-0.39, 0.29) is 6.42 Å². The van der Waals surface area contributed by atoms with Gasteiger partial charge in [0.25, 0.3) is 0 Å². The number of allylic oxidation sites excluding steroid dienone is 2. The van der Waals surface area contributed by atoms with Crippen LogP contribution in [0.5, 0.6) is 0 Å². The highest BCUT2D eigenvalue weighted by Crippen LogP contribution is 2.34. The number of aliphatic hydroxyl groups is 1. The molecular formula is C23H20Cl2N4O3. The highest BCUT2D eigenvalue weighted by Gasteiger charge is 2.26. The summed E-state index contributed by atoms with van der Waals surface area (Å²) in [6, 6.07) is 14.9. The Labute approximate surface area is 194 Å². The first-order valence-corrected chi connectivity index (χ1v) is 10.7. The third-order valence-electron chi connectivity index (χ3n) is 5.06. The fourth-order valence-electron chi connectivity index (χ4n) is 3.57. The van der Waals surface area contributed by atoms with Crippen LogP contribution in [0.2, 0.25) is 10.0 Å². The fourth-order valence-corrected chi connectivity index (χ4v) is 3.82. The van der Waals surface area contributed by atoms with Gasteiger partial charge < -0.3 is 9.84 Å². The molecule has 2 atom stereocenters. The van der Waals surface area contributed by atoms with Crippen LogP contribution < -0.4 is 0 Å². The van der Waals surface area contributed by atoms with Gasteiger partial charge >= 0.3 is 5.97 Å². The zero-order chi connectivity index (χ0) is 22.7. The van der Waals surface area contributed by atoms with Crippen LogP contribution in [0, 0.1) is 0 Å². The molecule has 0 unspecified atom stereocenters. The Bertz CT molecular complexity index is 1120. The van der Waals surface area contributed by atoms with Crippen molar-refractivity contribution in [3.05, 3.63) is 87.7 Å². The molecule has 0 saturated carbocycles. The number of aliphatic hydroxyl groups excluding tert-OH is 1. The van der Waals surface area contributed by atoms with E-state index in [1.54, 1.807) is 17.8 Å². The van der Waals surface area contributed by atoms with E-state index >= 15 is 0 Å². The van der Waals surface area contributed by atoms with Gasteiger partial charge in [-0.15, -0.1) is 5.10 Å². The van der Waals surface area contributed by atoms with Crippen molar-refractivity contribution in [3.63, 3.8) is 0 Å². The molecule has 0 aliphatic carbocycles. The fraction of sp³-hybridized carbons (Fsp3) is 0.217. The summed E-state index contributed by atoms with van der Waals surface area (Å²) in [6.45, 7) is 0. The number of esters is 1. The molecule has 0 radical (unpaired) electrons. The highest BCUT2D eigenvalue weighted by molar-refractivity contribution is 6.31. The number of nitrogens with zero attached hydrogens (tertiary/aromatic N) is 4. The molecule has 1 saturated heterocycles. The van der Waals surface area contributed by atoms with E-state index in [0.717, 1.165) is 16.7 Å². The SMILES string of the molecule is Cn1nnnc1C(C=C[C@@H]1C[C@@H](O)CC(=O)O1)=C(c1ccc(Cl)cc1)c1ccc(Cl)cc1. The maximum atomic E-state index is 11.8. The summed E-state index contributed by atoms with van der Waals surface area (Å²) < 4.78 is 6.94. The lowest BCUT2D eigenvalue weighted by molar-refractivity contribution is -0.156. The van der Waals surface area contributed by atoms with Crippen LogP contribution in [-0.4, -0.2) is 43.5 Å². The molecule has 1 aliphatic heterocycles. The molecule has 1 aromatic heterocycles. The van der Waals surface area contributed by atoms with Gasteiger partial charge in [-0.05, 0) is 57.5 Å². The summed E-state index contributed by atoms with van der Waals surface area (Å²) in [4.78, 5) is 11.8. The Hall–Kier alpha value is -3.00. The Morgan fingerprint density at radius 1 is 1.09 bits per heavy atom. The molecule has 0 spiro atoms. The van der Waals surface area contributed by atoms with Crippen molar-refractivity contribution in [2.75, 3.05) is 0 Å². The molecular weight excluding hydrogens is 451 g/mol. The summed E-state index contributed by atoms with van der Waals surface area (Å²) >= 11 is 12.2. The molecule has 0 bridgehead atoms. The average Bonchev–Trinajstić information content (AvgIpc) is 3.18. The van der Waals surface area contributed by atoms with Gasteiger partial charge in [0.2, 0.25) is 0 Å². The predicted octanol–water partition coefficient (Wildman–Crippen LogP) is 4.10.